The average Bonchev–Trinajstić information content (AvgIpc) is 2.85. The molecular formula is C13H13F3N2O2S. The van der Waals surface area contributed by atoms with Gasteiger partial charge in [-0.3, -0.25) is 4.99 Å². The molecule has 8 heteroatoms. The molecule has 114 valence electrons. The van der Waals surface area contributed by atoms with Crippen molar-refractivity contribution in [3.63, 3.8) is 0 Å². The molecule has 21 heavy (non-hydrogen) atoms. The molecule has 0 radical (unpaired) electrons. The Balaban J connectivity index is 2.81. The SMILES string of the molecule is C=N/C=C\C(C(=O)O)=C(/C)NCc1ccc(C(F)(F)F)s1. The summed E-state index contributed by atoms with van der Waals surface area (Å²) in [5.41, 5.74) is 0.291. The van der Waals surface area contributed by atoms with Gasteiger partial charge in [0.15, 0.2) is 0 Å². The second-order valence-corrected chi connectivity index (χ2v) is 5.13. The average molecular weight is 318 g/mol. The molecule has 0 spiro atoms. The summed E-state index contributed by atoms with van der Waals surface area (Å²) in [7, 11) is 0. The highest BCUT2D eigenvalue weighted by atomic mass is 32.1. The molecule has 0 atom stereocenters. The predicted molar refractivity (Wildman–Crippen MR) is 75.2 cm³/mol. The third kappa shape index (κ3) is 5.07. The summed E-state index contributed by atoms with van der Waals surface area (Å²) >= 11 is 0.616. The van der Waals surface area contributed by atoms with E-state index in [2.05, 4.69) is 17.0 Å². The number of hydrogen-bond acceptors (Lipinski definition) is 4. The molecule has 0 bridgehead atoms. The standard InChI is InChI=1S/C13H13F3N2O2S/c1-8(10(12(19)20)5-6-17-2)18-7-9-3-4-11(21-9)13(14,15)16/h3-6,18H,2,7H2,1H3,(H,19,20)/b6-5-,10-8-. The highest BCUT2D eigenvalue weighted by molar-refractivity contribution is 7.12. The van der Waals surface area contributed by atoms with E-state index in [1.807, 2.05) is 0 Å². The van der Waals surface area contributed by atoms with Gasteiger partial charge in [-0.2, -0.15) is 13.2 Å². The highest BCUT2D eigenvalue weighted by Gasteiger charge is 2.32. The molecule has 0 aromatic carbocycles. The number of allylic oxidation sites excluding steroid dienone is 1. The maximum Gasteiger partial charge on any atom is 0.425 e. The lowest BCUT2D eigenvalue weighted by atomic mass is 10.2. The summed E-state index contributed by atoms with van der Waals surface area (Å²) in [6.07, 6.45) is -1.88. The van der Waals surface area contributed by atoms with E-state index in [4.69, 9.17) is 5.11 Å². The molecule has 2 N–H and O–H groups in total. The molecule has 1 heterocycles. The highest BCUT2D eigenvalue weighted by Crippen LogP contribution is 2.34. The number of carboxylic acids is 1. The number of nitrogens with one attached hydrogen (secondary N) is 1. The molecule has 0 fully saturated rings. The molecule has 0 unspecified atom stereocenters. The van der Waals surface area contributed by atoms with E-state index in [-0.39, 0.29) is 12.1 Å². The van der Waals surface area contributed by atoms with Gasteiger partial charge in [-0.25, -0.2) is 4.79 Å². The van der Waals surface area contributed by atoms with Crippen molar-refractivity contribution in [1.29, 1.82) is 0 Å². The van der Waals surface area contributed by atoms with Gasteiger partial charge in [0.05, 0.1) is 5.57 Å². The van der Waals surface area contributed by atoms with Crippen LogP contribution >= 0.6 is 11.3 Å². The van der Waals surface area contributed by atoms with Crippen molar-refractivity contribution in [2.24, 2.45) is 4.99 Å². The summed E-state index contributed by atoms with van der Waals surface area (Å²) in [5, 5.41) is 11.8. The summed E-state index contributed by atoms with van der Waals surface area (Å²) in [5.74, 6) is -1.16. The molecule has 0 saturated heterocycles. The molecule has 1 aromatic heterocycles. The summed E-state index contributed by atoms with van der Waals surface area (Å²) in [6.45, 7) is 4.83. The van der Waals surface area contributed by atoms with Crippen molar-refractivity contribution in [1.82, 2.24) is 5.32 Å². The summed E-state index contributed by atoms with van der Waals surface area (Å²) < 4.78 is 37.4. The first kappa shape index (κ1) is 17.0. The molecule has 1 aromatic rings. The van der Waals surface area contributed by atoms with Crippen molar-refractivity contribution in [3.8, 4) is 0 Å². The maximum atomic E-state index is 12.5. The number of carbonyl (C=O) groups is 1. The number of alkyl halides is 3. The Morgan fingerprint density at radius 2 is 2.19 bits per heavy atom. The molecule has 0 aliphatic rings. The second-order valence-electron chi connectivity index (χ2n) is 3.96. The normalized spacial score (nSPS) is 13.1. The van der Waals surface area contributed by atoms with E-state index >= 15 is 0 Å². The van der Waals surface area contributed by atoms with Crippen LogP contribution in [0.25, 0.3) is 0 Å². The zero-order valence-corrected chi connectivity index (χ0v) is 11.9. The smallest absolute Gasteiger partial charge is 0.425 e. The van der Waals surface area contributed by atoms with Crippen LogP contribution in [0.15, 0.2) is 40.7 Å². The van der Waals surface area contributed by atoms with Crippen LogP contribution < -0.4 is 5.32 Å². The number of carboxylic acid groups (broad SMARTS) is 1. The number of nitrogens with zero attached hydrogens (tertiary/aromatic N) is 1. The van der Waals surface area contributed by atoms with Gasteiger partial charge in [0, 0.05) is 23.3 Å². The van der Waals surface area contributed by atoms with E-state index in [0.717, 1.165) is 6.07 Å². The minimum absolute atomic E-state index is 0.0324. The number of thiophene rings is 1. The van der Waals surface area contributed by atoms with Crippen molar-refractivity contribution in [2.45, 2.75) is 19.6 Å². The molecule has 0 aliphatic carbocycles. The fourth-order valence-electron chi connectivity index (χ4n) is 1.42. The largest absolute Gasteiger partial charge is 0.478 e. The minimum Gasteiger partial charge on any atom is -0.478 e. The Hall–Kier alpha value is -2.09. The van der Waals surface area contributed by atoms with E-state index in [0.29, 0.717) is 21.9 Å². The number of aliphatic imine (C=N–C) groups is 1. The molecule has 0 saturated carbocycles. The lowest BCUT2D eigenvalue weighted by molar-refractivity contribution is -0.134. The Morgan fingerprint density at radius 3 is 2.67 bits per heavy atom. The van der Waals surface area contributed by atoms with Crippen LogP contribution in [0.2, 0.25) is 0 Å². The Kier molecular flexibility index (Phi) is 5.71. The Bertz CT molecular complexity index is 588. The van der Waals surface area contributed by atoms with Crippen LogP contribution in [0.5, 0.6) is 0 Å². The third-order valence-electron chi connectivity index (χ3n) is 2.45. The molecule has 4 nitrogen and oxygen atoms in total. The summed E-state index contributed by atoms with van der Waals surface area (Å²) in [4.78, 5) is 14.2. The Morgan fingerprint density at radius 1 is 1.52 bits per heavy atom. The zero-order valence-electron chi connectivity index (χ0n) is 11.1. The Labute approximate surface area is 123 Å². The third-order valence-corrected chi connectivity index (χ3v) is 3.58. The van der Waals surface area contributed by atoms with Crippen molar-refractivity contribution < 1.29 is 23.1 Å². The zero-order chi connectivity index (χ0) is 16.0. The van der Waals surface area contributed by atoms with Gasteiger partial charge in [0.25, 0.3) is 0 Å². The summed E-state index contributed by atoms with van der Waals surface area (Å²) in [6, 6.07) is 2.36. The van der Waals surface area contributed by atoms with Crippen LogP contribution in [-0.2, 0) is 17.5 Å². The van der Waals surface area contributed by atoms with Gasteiger partial charge in [-0.1, -0.05) is 0 Å². The molecular weight excluding hydrogens is 305 g/mol. The van der Waals surface area contributed by atoms with Crippen LogP contribution in [0.1, 0.15) is 16.7 Å². The molecule has 0 amide bonds. The first-order chi connectivity index (χ1) is 9.75. The molecule has 1 rings (SSSR count). The van der Waals surface area contributed by atoms with Crippen LogP contribution in [-0.4, -0.2) is 17.8 Å². The van der Waals surface area contributed by atoms with Gasteiger partial charge in [0.2, 0.25) is 0 Å². The first-order valence-electron chi connectivity index (χ1n) is 5.72. The van der Waals surface area contributed by atoms with Crippen LogP contribution in [0.3, 0.4) is 0 Å². The van der Waals surface area contributed by atoms with Crippen LogP contribution in [0, 0.1) is 0 Å². The predicted octanol–water partition coefficient (Wildman–Crippen LogP) is 3.43. The van der Waals surface area contributed by atoms with Gasteiger partial charge >= 0.3 is 12.1 Å². The van der Waals surface area contributed by atoms with Crippen molar-refractivity contribution >= 4 is 24.0 Å². The first-order valence-corrected chi connectivity index (χ1v) is 6.53. The van der Waals surface area contributed by atoms with Gasteiger partial charge in [0.1, 0.15) is 4.88 Å². The van der Waals surface area contributed by atoms with E-state index < -0.39 is 17.0 Å². The van der Waals surface area contributed by atoms with Crippen LogP contribution in [0.4, 0.5) is 13.2 Å². The van der Waals surface area contributed by atoms with E-state index in [9.17, 15) is 18.0 Å². The maximum absolute atomic E-state index is 12.5. The monoisotopic (exact) mass is 318 g/mol. The fourth-order valence-corrected chi connectivity index (χ4v) is 2.24. The second kappa shape index (κ2) is 7.07. The number of rotatable bonds is 6. The quantitative estimate of drug-likeness (QED) is 0.480. The van der Waals surface area contributed by atoms with E-state index in [1.165, 1.54) is 25.3 Å². The number of halogens is 3. The lowest BCUT2D eigenvalue weighted by Gasteiger charge is -2.07. The van der Waals surface area contributed by atoms with Gasteiger partial charge in [-0.05, 0) is 31.9 Å². The topological polar surface area (TPSA) is 61.7 Å². The van der Waals surface area contributed by atoms with Crippen molar-refractivity contribution in [2.75, 3.05) is 0 Å². The van der Waals surface area contributed by atoms with Gasteiger partial charge in [-0.15, -0.1) is 11.3 Å². The lowest BCUT2D eigenvalue weighted by Crippen LogP contribution is -2.15. The minimum atomic E-state index is -4.36. The van der Waals surface area contributed by atoms with E-state index in [1.54, 1.807) is 0 Å². The fraction of sp³-hybridized carbons (Fsp3) is 0.231. The number of aliphatic carboxylic acids is 1. The van der Waals surface area contributed by atoms with Crippen molar-refractivity contribution in [3.05, 3.63) is 45.4 Å². The van der Waals surface area contributed by atoms with Gasteiger partial charge < -0.3 is 10.4 Å². The number of hydrogen-bond donors (Lipinski definition) is 2. The molecule has 0 aliphatic heterocycles.